The molecule has 0 bridgehead atoms. The fourth-order valence-corrected chi connectivity index (χ4v) is 2.21. The Morgan fingerprint density at radius 3 is 2.67 bits per heavy atom. The van der Waals surface area contributed by atoms with E-state index in [1.807, 2.05) is 44.3 Å². The smallest absolute Gasteiger partial charge is 0.244 e. The van der Waals surface area contributed by atoms with Crippen LogP contribution in [0.4, 0.5) is 0 Å². The summed E-state index contributed by atoms with van der Waals surface area (Å²) in [5, 5.41) is 6.63. The Bertz CT molecular complexity index is 707. The summed E-state index contributed by atoms with van der Waals surface area (Å²) in [6.45, 7) is 3.04. The van der Waals surface area contributed by atoms with Crippen LogP contribution in [0.2, 0.25) is 0 Å². The second-order valence-corrected chi connectivity index (χ2v) is 5.39. The van der Waals surface area contributed by atoms with Gasteiger partial charge in [-0.1, -0.05) is 30.3 Å². The summed E-state index contributed by atoms with van der Waals surface area (Å²) < 4.78 is 1.66. The average molecular weight is 326 g/mol. The van der Waals surface area contributed by atoms with Crippen molar-refractivity contribution >= 4 is 17.9 Å². The normalized spacial score (nSPS) is 10.8. The summed E-state index contributed by atoms with van der Waals surface area (Å²) >= 11 is 0. The van der Waals surface area contributed by atoms with Gasteiger partial charge in [-0.3, -0.25) is 14.3 Å². The Balaban J connectivity index is 1.82. The maximum absolute atomic E-state index is 12.2. The number of carbonyl (C=O) groups excluding carboxylic acids is 2. The molecule has 0 saturated carbocycles. The highest BCUT2D eigenvalue weighted by Gasteiger charge is 2.12. The van der Waals surface area contributed by atoms with Crippen LogP contribution in [-0.4, -0.2) is 39.6 Å². The molecular weight excluding hydrogens is 304 g/mol. The van der Waals surface area contributed by atoms with Gasteiger partial charge in [0.2, 0.25) is 11.8 Å². The molecule has 24 heavy (non-hydrogen) atoms. The topological polar surface area (TPSA) is 67.2 Å². The van der Waals surface area contributed by atoms with Gasteiger partial charge in [-0.05, 0) is 18.6 Å². The number of likely N-dealkylation sites (N-methyl/N-ethyl adjacent to an activating group) is 1. The lowest BCUT2D eigenvalue weighted by atomic mass is 10.2. The van der Waals surface area contributed by atoms with Crippen LogP contribution in [0.5, 0.6) is 0 Å². The number of aromatic nitrogens is 2. The molecule has 2 aromatic rings. The maximum Gasteiger partial charge on any atom is 0.244 e. The summed E-state index contributed by atoms with van der Waals surface area (Å²) in [5.41, 5.74) is 1.90. The molecular formula is C18H22N4O2. The van der Waals surface area contributed by atoms with Crippen LogP contribution in [0.25, 0.3) is 6.08 Å². The second kappa shape index (κ2) is 8.67. The van der Waals surface area contributed by atoms with Crippen molar-refractivity contribution in [2.45, 2.75) is 13.5 Å². The van der Waals surface area contributed by atoms with Crippen molar-refractivity contribution in [2.75, 3.05) is 13.1 Å². The molecule has 0 spiro atoms. The molecule has 6 heteroatoms. The predicted molar refractivity (Wildman–Crippen MR) is 92.8 cm³/mol. The zero-order valence-electron chi connectivity index (χ0n) is 14.0. The lowest BCUT2D eigenvalue weighted by Gasteiger charge is -2.21. The summed E-state index contributed by atoms with van der Waals surface area (Å²) in [5.74, 6) is -0.410. The average Bonchev–Trinajstić information content (AvgIpc) is 3.02. The number of hydrogen-bond donors (Lipinski definition) is 1. The van der Waals surface area contributed by atoms with E-state index in [-0.39, 0.29) is 18.4 Å². The SMILES string of the molecule is CCN(Cc1ccccc1)C(=O)CNC(=O)/C=C/c1cnn(C)c1. The molecule has 0 aliphatic carbocycles. The molecule has 6 nitrogen and oxygen atoms in total. The summed E-state index contributed by atoms with van der Waals surface area (Å²) in [6, 6.07) is 9.78. The van der Waals surface area contributed by atoms with Crippen LogP contribution >= 0.6 is 0 Å². The summed E-state index contributed by atoms with van der Waals surface area (Å²) in [6.07, 6.45) is 6.52. The lowest BCUT2D eigenvalue weighted by molar-refractivity contribution is -0.132. The molecule has 0 radical (unpaired) electrons. The second-order valence-electron chi connectivity index (χ2n) is 5.39. The number of amides is 2. The van der Waals surface area contributed by atoms with Gasteiger partial charge < -0.3 is 10.2 Å². The van der Waals surface area contributed by atoms with Crippen LogP contribution < -0.4 is 5.32 Å². The van der Waals surface area contributed by atoms with Gasteiger partial charge >= 0.3 is 0 Å². The van der Waals surface area contributed by atoms with E-state index in [2.05, 4.69) is 10.4 Å². The number of nitrogens with zero attached hydrogens (tertiary/aromatic N) is 3. The summed E-state index contributed by atoms with van der Waals surface area (Å²) in [7, 11) is 1.81. The predicted octanol–water partition coefficient (Wildman–Crippen LogP) is 1.60. The fourth-order valence-electron chi connectivity index (χ4n) is 2.21. The van der Waals surface area contributed by atoms with Crippen molar-refractivity contribution < 1.29 is 9.59 Å². The number of nitrogens with one attached hydrogen (secondary N) is 1. The van der Waals surface area contributed by atoms with Crippen molar-refractivity contribution in [3.8, 4) is 0 Å². The van der Waals surface area contributed by atoms with Gasteiger partial charge in [0, 0.05) is 38.0 Å². The quantitative estimate of drug-likeness (QED) is 0.786. The van der Waals surface area contributed by atoms with E-state index in [0.29, 0.717) is 13.1 Å². The van der Waals surface area contributed by atoms with Crippen molar-refractivity contribution in [3.05, 3.63) is 59.9 Å². The first-order valence-electron chi connectivity index (χ1n) is 7.84. The van der Waals surface area contributed by atoms with Gasteiger partial charge in [0.05, 0.1) is 12.7 Å². The van der Waals surface area contributed by atoms with Gasteiger partial charge in [0.15, 0.2) is 0 Å². The molecule has 0 aliphatic heterocycles. The minimum absolute atomic E-state index is 0.0170. The fraction of sp³-hybridized carbons (Fsp3) is 0.278. The van der Waals surface area contributed by atoms with E-state index in [9.17, 15) is 9.59 Å². The first kappa shape index (κ1) is 17.5. The molecule has 126 valence electrons. The number of rotatable bonds is 7. The van der Waals surface area contributed by atoms with Crippen LogP contribution in [0.3, 0.4) is 0 Å². The highest BCUT2D eigenvalue weighted by Crippen LogP contribution is 2.04. The van der Waals surface area contributed by atoms with E-state index in [1.165, 1.54) is 6.08 Å². The molecule has 0 aliphatic rings. The molecule has 0 saturated heterocycles. The Kier molecular flexibility index (Phi) is 6.31. The van der Waals surface area contributed by atoms with Crippen LogP contribution in [0.1, 0.15) is 18.1 Å². The minimum atomic E-state index is -0.303. The number of carbonyl (C=O) groups is 2. The molecule has 1 aromatic heterocycles. The van der Waals surface area contributed by atoms with E-state index >= 15 is 0 Å². The highest BCUT2D eigenvalue weighted by molar-refractivity contribution is 5.94. The Labute approximate surface area is 141 Å². The molecule has 0 fully saturated rings. The minimum Gasteiger partial charge on any atom is -0.343 e. The van der Waals surface area contributed by atoms with Gasteiger partial charge in [-0.2, -0.15) is 5.10 Å². The van der Waals surface area contributed by atoms with Crippen LogP contribution in [0, 0.1) is 0 Å². The third-order valence-electron chi connectivity index (χ3n) is 3.52. The molecule has 2 rings (SSSR count). The monoisotopic (exact) mass is 326 g/mol. The molecule has 1 aromatic carbocycles. The molecule has 1 N–H and O–H groups in total. The third-order valence-corrected chi connectivity index (χ3v) is 3.52. The maximum atomic E-state index is 12.2. The van der Waals surface area contributed by atoms with Crippen LogP contribution in [0.15, 0.2) is 48.8 Å². The number of benzene rings is 1. The first-order chi connectivity index (χ1) is 11.6. The standard InChI is InChI=1S/C18H22N4O2/c1-3-22(14-15-7-5-4-6-8-15)18(24)12-19-17(23)10-9-16-11-20-21(2)13-16/h4-11,13H,3,12,14H2,1-2H3,(H,19,23)/b10-9+. The summed E-state index contributed by atoms with van der Waals surface area (Å²) in [4.78, 5) is 25.7. The molecule has 0 unspecified atom stereocenters. The van der Waals surface area contributed by atoms with E-state index in [0.717, 1.165) is 11.1 Å². The zero-order valence-corrected chi connectivity index (χ0v) is 14.0. The Morgan fingerprint density at radius 1 is 1.29 bits per heavy atom. The lowest BCUT2D eigenvalue weighted by Crippen LogP contribution is -2.39. The largest absolute Gasteiger partial charge is 0.343 e. The van der Waals surface area contributed by atoms with Crippen molar-refractivity contribution in [2.24, 2.45) is 7.05 Å². The Morgan fingerprint density at radius 2 is 2.04 bits per heavy atom. The van der Waals surface area contributed by atoms with Gasteiger partial charge in [-0.25, -0.2) is 0 Å². The van der Waals surface area contributed by atoms with E-state index in [1.54, 1.807) is 28.1 Å². The van der Waals surface area contributed by atoms with Gasteiger partial charge in [0.1, 0.15) is 0 Å². The first-order valence-corrected chi connectivity index (χ1v) is 7.84. The van der Waals surface area contributed by atoms with Gasteiger partial charge in [0.25, 0.3) is 0 Å². The number of hydrogen-bond acceptors (Lipinski definition) is 3. The molecule has 1 heterocycles. The third kappa shape index (κ3) is 5.39. The zero-order chi connectivity index (χ0) is 17.4. The molecule has 0 atom stereocenters. The number of aryl methyl sites for hydroxylation is 1. The van der Waals surface area contributed by atoms with Crippen molar-refractivity contribution in [3.63, 3.8) is 0 Å². The van der Waals surface area contributed by atoms with Crippen LogP contribution in [-0.2, 0) is 23.2 Å². The Hall–Kier alpha value is -2.89. The van der Waals surface area contributed by atoms with Gasteiger partial charge in [-0.15, -0.1) is 0 Å². The highest BCUT2D eigenvalue weighted by atomic mass is 16.2. The van der Waals surface area contributed by atoms with Crippen molar-refractivity contribution in [1.82, 2.24) is 20.0 Å². The van der Waals surface area contributed by atoms with Crippen molar-refractivity contribution in [1.29, 1.82) is 0 Å². The van der Waals surface area contributed by atoms with E-state index in [4.69, 9.17) is 0 Å². The molecule has 2 amide bonds. The van der Waals surface area contributed by atoms with E-state index < -0.39 is 0 Å².